The van der Waals surface area contributed by atoms with E-state index in [0.29, 0.717) is 19.1 Å². The molecule has 0 aliphatic carbocycles. The number of rotatable bonds is 9. The lowest BCUT2D eigenvalue weighted by Gasteiger charge is -2.37. The van der Waals surface area contributed by atoms with Crippen LogP contribution in [-0.4, -0.2) is 48.7 Å². The van der Waals surface area contributed by atoms with Crippen LogP contribution in [0.15, 0.2) is 0 Å². The van der Waals surface area contributed by atoms with Crippen LogP contribution in [0.25, 0.3) is 0 Å². The van der Waals surface area contributed by atoms with Gasteiger partial charge >= 0.3 is 0 Å². The number of carbonyl (C=O) groups is 1. The van der Waals surface area contributed by atoms with Crippen molar-refractivity contribution in [2.24, 2.45) is 11.5 Å². The Morgan fingerprint density at radius 2 is 1.94 bits per heavy atom. The molecule has 0 rings (SSSR count). The second kappa shape index (κ2) is 7.71. The van der Waals surface area contributed by atoms with Crippen LogP contribution in [-0.2, 0) is 9.53 Å². The Morgan fingerprint density at radius 1 is 1.39 bits per heavy atom. The zero-order valence-electron chi connectivity index (χ0n) is 12.4. The second-order valence-corrected chi connectivity index (χ2v) is 5.32. The molecule has 0 heterocycles. The minimum absolute atomic E-state index is 0.192. The van der Waals surface area contributed by atoms with Gasteiger partial charge in [-0.25, -0.2) is 0 Å². The minimum atomic E-state index is -0.960. The molecule has 0 aromatic carbocycles. The zero-order chi connectivity index (χ0) is 14.3. The maximum Gasteiger partial charge on any atom is 0.237 e. The Hall–Kier alpha value is -0.650. The van der Waals surface area contributed by atoms with Gasteiger partial charge in [0.15, 0.2) is 0 Å². The Kier molecular flexibility index (Phi) is 7.43. The quantitative estimate of drug-likeness (QED) is 0.639. The van der Waals surface area contributed by atoms with Gasteiger partial charge in [0.05, 0.1) is 12.1 Å². The Labute approximate surface area is 111 Å². The molecular formula is C13H29N3O2. The molecule has 0 aromatic heterocycles. The molecule has 0 aromatic rings. The summed E-state index contributed by atoms with van der Waals surface area (Å²) in [6, 6.07) is 0.622. The van der Waals surface area contributed by atoms with Gasteiger partial charge in [0.2, 0.25) is 5.91 Å². The smallest absolute Gasteiger partial charge is 0.237 e. The summed E-state index contributed by atoms with van der Waals surface area (Å²) < 4.78 is 5.13. The summed E-state index contributed by atoms with van der Waals surface area (Å²) >= 11 is 0. The van der Waals surface area contributed by atoms with Crippen LogP contribution in [0.2, 0.25) is 0 Å². The van der Waals surface area contributed by atoms with Crippen LogP contribution in [0.4, 0.5) is 0 Å². The first-order chi connectivity index (χ1) is 8.26. The molecule has 108 valence electrons. The van der Waals surface area contributed by atoms with E-state index in [4.69, 9.17) is 16.2 Å². The van der Waals surface area contributed by atoms with Crippen molar-refractivity contribution in [3.8, 4) is 0 Å². The van der Waals surface area contributed by atoms with Gasteiger partial charge in [-0.1, -0.05) is 6.92 Å². The first-order valence-electron chi connectivity index (χ1n) is 6.59. The molecule has 0 spiro atoms. The van der Waals surface area contributed by atoms with Crippen molar-refractivity contribution in [3.63, 3.8) is 0 Å². The van der Waals surface area contributed by atoms with Crippen molar-refractivity contribution in [2.75, 3.05) is 20.3 Å². The molecule has 0 bridgehead atoms. The highest BCUT2D eigenvalue weighted by Crippen LogP contribution is 2.17. The van der Waals surface area contributed by atoms with E-state index in [9.17, 15) is 4.79 Å². The summed E-state index contributed by atoms with van der Waals surface area (Å²) in [5.41, 5.74) is 10.3. The fraction of sp³-hybridized carbons (Fsp3) is 0.923. The lowest BCUT2D eigenvalue weighted by molar-refractivity contribution is -0.123. The molecule has 3 atom stereocenters. The third kappa shape index (κ3) is 5.33. The number of methoxy groups -OCH3 is 1. The number of carbonyl (C=O) groups excluding carboxylic acids is 1. The van der Waals surface area contributed by atoms with Gasteiger partial charge in [-0.05, 0) is 33.6 Å². The van der Waals surface area contributed by atoms with Gasteiger partial charge in [-0.2, -0.15) is 0 Å². The summed E-state index contributed by atoms with van der Waals surface area (Å²) in [7, 11) is 1.69. The molecular weight excluding hydrogens is 230 g/mol. The molecule has 0 saturated carbocycles. The van der Waals surface area contributed by atoms with E-state index in [0.717, 1.165) is 13.0 Å². The van der Waals surface area contributed by atoms with Crippen molar-refractivity contribution < 1.29 is 9.53 Å². The largest absolute Gasteiger partial charge is 0.383 e. The molecule has 5 nitrogen and oxygen atoms in total. The monoisotopic (exact) mass is 259 g/mol. The van der Waals surface area contributed by atoms with Gasteiger partial charge in [-0.15, -0.1) is 0 Å². The summed E-state index contributed by atoms with van der Waals surface area (Å²) in [4.78, 5) is 13.6. The predicted molar refractivity (Wildman–Crippen MR) is 74.2 cm³/mol. The second-order valence-electron chi connectivity index (χ2n) is 5.32. The molecule has 1 amide bonds. The van der Waals surface area contributed by atoms with E-state index < -0.39 is 11.4 Å². The van der Waals surface area contributed by atoms with E-state index in [2.05, 4.69) is 25.7 Å². The highest BCUT2D eigenvalue weighted by atomic mass is 16.5. The molecule has 0 aliphatic rings. The average molecular weight is 259 g/mol. The number of amides is 1. The normalized spacial score (nSPS) is 18.4. The van der Waals surface area contributed by atoms with Gasteiger partial charge < -0.3 is 16.2 Å². The molecule has 0 aliphatic heterocycles. The molecule has 3 unspecified atom stereocenters. The van der Waals surface area contributed by atoms with E-state index in [1.54, 1.807) is 14.0 Å². The lowest BCUT2D eigenvalue weighted by Crippen LogP contribution is -2.54. The summed E-state index contributed by atoms with van der Waals surface area (Å²) in [6.07, 6.45) is 1.60. The first kappa shape index (κ1) is 17.4. The third-order valence-corrected chi connectivity index (χ3v) is 3.56. The zero-order valence-corrected chi connectivity index (χ0v) is 12.4. The topological polar surface area (TPSA) is 81.6 Å². The van der Waals surface area contributed by atoms with Gasteiger partial charge in [-0.3, -0.25) is 9.69 Å². The van der Waals surface area contributed by atoms with E-state index in [1.807, 2.05) is 0 Å². The maximum atomic E-state index is 11.3. The van der Waals surface area contributed by atoms with E-state index in [1.165, 1.54) is 0 Å². The predicted octanol–water partition coefficient (Wildman–Crippen LogP) is 0.715. The fourth-order valence-electron chi connectivity index (χ4n) is 2.14. The number of hydrogen-bond acceptors (Lipinski definition) is 4. The Balaban J connectivity index is 4.64. The van der Waals surface area contributed by atoms with Crippen LogP contribution in [0, 0.1) is 0 Å². The van der Waals surface area contributed by atoms with Crippen molar-refractivity contribution in [3.05, 3.63) is 0 Å². The summed E-state index contributed by atoms with van der Waals surface area (Å²) in [5.74, 6) is -0.454. The van der Waals surface area contributed by atoms with Crippen LogP contribution < -0.4 is 11.5 Å². The SMILES string of the molecule is CCC(C)N(CCOC)C(C)CC(C)(N)C(N)=O. The fourth-order valence-corrected chi connectivity index (χ4v) is 2.14. The van der Waals surface area contributed by atoms with Gasteiger partial charge in [0.1, 0.15) is 0 Å². The van der Waals surface area contributed by atoms with Gasteiger partial charge in [0.25, 0.3) is 0 Å². The van der Waals surface area contributed by atoms with Crippen LogP contribution >= 0.6 is 0 Å². The van der Waals surface area contributed by atoms with Crippen molar-refractivity contribution >= 4 is 5.91 Å². The summed E-state index contributed by atoms with van der Waals surface area (Å²) in [5, 5.41) is 0. The average Bonchev–Trinajstić information content (AvgIpc) is 2.28. The number of nitrogens with two attached hydrogens (primary N) is 2. The minimum Gasteiger partial charge on any atom is -0.383 e. The van der Waals surface area contributed by atoms with Crippen LogP contribution in [0.5, 0.6) is 0 Å². The number of hydrogen-bond donors (Lipinski definition) is 2. The number of primary amides is 1. The lowest BCUT2D eigenvalue weighted by atomic mass is 9.92. The van der Waals surface area contributed by atoms with Crippen molar-refractivity contribution in [2.45, 2.75) is 58.2 Å². The third-order valence-electron chi connectivity index (χ3n) is 3.56. The Morgan fingerprint density at radius 3 is 2.33 bits per heavy atom. The number of nitrogens with zero attached hydrogens (tertiary/aromatic N) is 1. The van der Waals surface area contributed by atoms with E-state index in [-0.39, 0.29) is 6.04 Å². The first-order valence-corrected chi connectivity index (χ1v) is 6.59. The molecule has 0 radical (unpaired) electrons. The molecule has 0 saturated heterocycles. The standard InChI is InChI=1S/C13H29N3O2/c1-6-10(2)16(7-8-18-5)11(3)9-13(4,15)12(14)17/h10-11H,6-9,15H2,1-5H3,(H2,14,17). The highest BCUT2D eigenvalue weighted by Gasteiger charge is 2.31. The van der Waals surface area contributed by atoms with Crippen LogP contribution in [0.3, 0.4) is 0 Å². The molecule has 4 N–H and O–H groups in total. The Bertz CT molecular complexity index is 257. The van der Waals surface area contributed by atoms with Gasteiger partial charge in [0, 0.05) is 25.7 Å². The maximum absolute atomic E-state index is 11.3. The summed E-state index contributed by atoms with van der Waals surface area (Å²) in [6.45, 7) is 9.60. The van der Waals surface area contributed by atoms with Crippen molar-refractivity contribution in [1.82, 2.24) is 4.90 Å². The van der Waals surface area contributed by atoms with Crippen LogP contribution in [0.1, 0.15) is 40.5 Å². The molecule has 18 heavy (non-hydrogen) atoms. The molecule has 5 heteroatoms. The highest BCUT2D eigenvalue weighted by molar-refractivity contribution is 5.83. The molecule has 0 fully saturated rings. The van der Waals surface area contributed by atoms with Crippen molar-refractivity contribution in [1.29, 1.82) is 0 Å². The van der Waals surface area contributed by atoms with E-state index >= 15 is 0 Å². The number of ether oxygens (including phenoxy) is 1.